The Morgan fingerprint density at radius 1 is 1.00 bits per heavy atom. The average molecular weight is 557 g/mol. The highest BCUT2D eigenvalue weighted by atomic mass is 32.2. The van der Waals surface area contributed by atoms with Crippen molar-refractivity contribution < 1.29 is 18.6 Å². The normalized spacial score (nSPS) is 38.8. The standard InChI is InChI=1S/C34H52O4S/c1-6-34(36)19-17-26-24(21-34)12-13-28-27(26)16-18-33(5)29(14-15-30(28)33)23(4)32(20-31(35)22(2)3)39(37,38)25-10-8-7-9-11-25/h7-12,22-23,26-32,35-36H,6,13-21H2,1-5H3/t23-,26-,27?,28+,29+,30?,31-,32?,33+,34-/m0/s1. The third kappa shape index (κ3) is 5.18. The molecular weight excluding hydrogens is 504 g/mol. The van der Waals surface area contributed by atoms with Crippen molar-refractivity contribution in [3.63, 3.8) is 0 Å². The first-order valence-electron chi connectivity index (χ1n) is 15.8. The van der Waals surface area contributed by atoms with E-state index in [0.29, 0.717) is 40.9 Å². The number of hydrogen-bond donors (Lipinski definition) is 2. The second-order valence-corrected chi connectivity index (χ2v) is 16.5. The SMILES string of the molecule is CC[C@]1(O)CC[C@H]2C(=CC[C@@H]3C2CC[C@@]2(C)C3CC[C@@H]2[C@H](C)C(C[C@H](O)C(C)C)S(=O)(=O)c2ccccc2)C1. The predicted octanol–water partition coefficient (Wildman–Crippen LogP) is 7.20. The fourth-order valence-corrected chi connectivity index (χ4v) is 11.8. The van der Waals surface area contributed by atoms with Crippen LogP contribution in [0.3, 0.4) is 0 Å². The molecule has 0 bridgehead atoms. The van der Waals surface area contributed by atoms with Gasteiger partial charge in [0.1, 0.15) is 0 Å². The molecule has 1 aromatic carbocycles. The summed E-state index contributed by atoms with van der Waals surface area (Å²) >= 11 is 0. The van der Waals surface area contributed by atoms with Crippen LogP contribution in [0, 0.1) is 46.8 Å². The fourth-order valence-electron chi connectivity index (χ4n) is 9.75. The summed E-state index contributed by atoms with van der Waals surface area (Å²) in [5, 5.41) is 21.3. The molecule has 0 amide bonds. The number of aliphatic hydroxyl groups excluding tert-OH is 1. The summed E-state index contributed by atoms with van der Waals surface area (Å²) < 4.78 is 28.2. The van der Waals surface area contributed by atoms with Crippen LogP contribution in [0.4, 0.5) is 0 Å². The average Bonchev–Trinajstić information content (AvgIpc) is 3.28. The van der Waals surface area contributed by atoms with E-state index in [2.05, 4.69) is 26.8 Å². The minimum atomic E-state index is -3.58. The monoisotopic (exact) mass is 556 g/mol. The maximum Gasteiger partial charge on any atom is 0.181 e. The predicted molar refractivity (Wildman–Crippen MR) is 158 cm³/mol. The molecule has 3 fully saturated rings. The third-order valence-corrected chi connectivity index (χ3v) is 14.6. The lowest BCUT2D eigenvalue weighted by Crippen LogP contribution is -2.49. The van der Waals surface area contributed by atoms with Gasteiger partial charge in [-0.2, -0.15) is 0 Å². The van der Waals surface area contributed by atoms with Gasteiger partial charge in [-0.15, -0.1) is 0 Å². The maximum absolute atomic E-state index is 14.1. The zero-order valence-corrected chi connectivity index (χ0v) is 25.7. The second-order valence-electron chi connectivity index (χ2n) is 14.4. The van der Waals surface area contributed by atoms with Crippen LogP contribution in [-0.2, 0) is 9.84 Å². The zero-order valence-electron chi connectivity index (χ0n) is 24.9. The van der Waals surface area contributed by atoms with E-state index in [4.69, 9.17) is 0 Å². The van der Waals surface area contributed by atoms with Crippen LogP contribution in [0.25, 0.3) is 0 Å². The quantitative estimate of drug-likeness (QED) is 0.332. The molecule has 0 aromatic heterocycles. The molecule has 0 aliphatic heterocycles. The molecular formula is C34H52O4S. The van der Waals surface area contributed by atoms with E-state index in [9.17, 15) is 18.6 Å². The summed E-state index contributed by atoms with van der Waals surface area (Å²) in [5.41, 5.74) is 1.15. The summed E-state index contributed by atoms with van der Waals surface area (Å²) in [7, 11) is -3.58. The first-order valence-corrected chi connectivity index (χ1v) is 17.3. The number of sulfone groups is 1. The van der Waals surface area contributed by atoms with Crippen LogP contribution in [0.15, 0.2) is 46.9 Å². The molecule has 2 N–H and O–H groups in total. The van der Waals surface area contributed by atoms with Gasteiger partial charge in [-0.1, -0.05) is 64.5 Å². The van der Waals surface area contributed by atoms with Gasteiger partial charge in [0, 0.05) is 0 Å². The van der Waals surface area contributed by atoms with Crippen molar-refractivity contribution in [2.45, 2.75) is 121 Å². The van der Waals surface area contributed by atoms with E-state index in [1.807, 2.05) is 19.9 Å². The largest absolute Gasteiger partial charge is 0.393 e. The van der Waals surface area contributed by atoms with Crippen molar-refractivity contribution in [3.8, 4) is 0 Å². The minimum Gasteiger partial charge on any atom is -0.393 e. The van der Waals surface area contributed by atoms with Gasteiger partial charge in [-0.25, -0.2) is 8.42 Å². The van der Waals surface area contributed by atoms with Crippen LogP contribution in [0.5, 0.6) is 0 Å². The van der Waals surface area contributed by atoms with Crippen molar-refractivity contribution >= 4 is 9.84 Å². The van der Waals surface area contributed by atoms with Gasteiger partial charge in [-0.3, -0.25) is 0 Å². The number of rotatable bonds is 8. The molecule has 1 aromatic rings. The molecule has 0 heterocycles. The van der Waals surface area contributed by atoms with Gasteiger partial charge in [-0.05, 0) is 123 Å². The molecule has 4 aliphatic rings. The van der Waals surface area contributed by atoms with Crippen LogP contribution in [0.2, 0.25) is 0 Å². The van der Waals surface area contributed by atoms with Crippen LogP contribution >= 0.6 is 0 Å². The van der Waals surface area contributed by atoms with Gasteiger partial charge in [0.25, 0.3) is 0 Å². The number of fused-ring (bicyclic) bond motifs is 5. The van der Waals surface area contributed by atoms with E-state index < -0.39 is 26.8 Å². The highest BCUT2D eigenvalue weighted by molar-refractivity contribution is 7.92. The van der Waals surface area contributed by atoms with Gasteiger partial charge in [0.2, 0.25) is 0 Å². The highest BCUT2D eigenvalue weighted by Gasteiger charge is 2.58. The van der Waals surface area contributed by atoms with Gasteiger partial charge < -0.3 is 10.2 Å². The number of benzene rings is 1. The molecule has 3 unspecified atom stereocenters. The molecule has 0 spiro atoms. The Morgan fingerprint density at radius 2 is 1.72 bits per heavy atom. The van der Waals surface area contributed by atoms with Crippen LogP contribution in [0.1, 0.15) is 98.8 Å². The Hall–Kier alpha value is -1.17. The molecule has 5 heteroatoms. The van der Waals surface area contributed by atoms with Gasteiger partial charge in [0.05, 0.1) is 21.9 Å². The second kappa shape index (κ2) is 10.9. The van der Waals surface area contributed by atoms with Crippen molar-refractivity contribution in [2.24, 2.45) is 46.8 Å². The van der Waals surface area contributed by atoms with Crippen molar-refractivity contribution in [1.29, 1.82) is 0 Å². The summed E-state index contributed by atoms with van der Waals surface area (Å²) in [5.74, 6) is 3.00. The zero-order chi connectivity index (χ0) is 28.2. The summed E-state index contributed by atoms with van der Waals surface area (Å²) in [4.78, 5) is 0.385. The molecule has 5 rings (SSSR count). The molecule has 218 valence electrons. The highest BCUT2D eigenvalue weighted by Crippen LogP contribution is 2.65. The van der Waals surface area contributed by atoms with Crippen molar-refractivity contribution in [3.05, 3.63) is 42.0 Å². The summed E-state index contributed by atoms with van der Waals surface area (Å²) in [6, 6.07) is 8.91. The lowest BCUT2D eigenvalue weighted by Gasteiger charge is -2.55. The smallest absolute Gasteiger partial charge is 0.181 e. The lowest BCUT2D eigenvalue weighted by atomic mass is 9.50. The molecule has 4 nitrogen and oxygen atoms in total. The summed E-state index contributed by atoms with van der Waals surface area (Å²) in [6.07, 6.45) is 11.7. The van der Waals surface area contributed by atoms with E-state index in [1.54, 1.807) is 24.3 Å². The molecule has 0 saturated heterocycles. The number of aliphatic hydroxyl groups is 2. The lowest BCUT2D eigenvalue weighted by molar-refractivity contribution is -0.0464. The van der Waals surface area contributed by atoms with E-state index in [-0.39, 0.29) is 17.3 Å². The minimum absolute atomic E-state index is 0.0147. The first kappa shape index (κ1) is 29.3. The molecule has 3 saturated carbocycles. The van der Waals surface area contributed by atoms with Crippen molar-refractivity contribution in [2.75, 3.05) is 0 Å². The summed E-state index contributed by atoms with van der Waals surface area (Å²) in [6.45, 7) is 10.7. The first-order chi connectivity index (χ1) is 18.4. The van der Waals surface area contributed by atoms with E-state index in [1.165, 1.54) is 24.8 Å². The molecule has 10 atom stereocenters. The van der Waals surface area contributed by atoms with Gasteiger partial charge in [0.15, 0.2) is 9.84 Å². The fraction of sp³-hybridized carbons (Fsp3) is 0.765. The topological polar surface area (TPSA) is 74.6 Å². The van der Waals surface area contributed by atoms with Crippen LogP contribution < -0.4 is 0 Å². The Kier molecular flexibility index (Phi) is 8.20. The molecule has 39 heavy (non-hydrogen) atoms. The number of allylic oxidation sites excluding steroid dienone is 1. The maximum atomic E-state index is 14.1. The van der Waals surface area contributed by atoms with Crippen LogP contribution in [-0.4, -0.2) is 35.6 Å². The van der Waals surface area contributed by atoms with E-state index >= 15 is 0 Å². The Balaban J connectivity index is 1.41. The van der Waals surface area contributed by atoms with Crippen molar-refractivity contribution in [1.82, 2.24) is 0 Å². The Labute approximate surface area is 237 Å². The Bertz CT molecular complexity index is 1140. The molecule has 0 radical (unpaired) electrons. The van der Waals surface area contributed by atoms with E-state index in [0.717, 1.165) is 38.5 Å². The Morgan fingerprint density at radius 3 is 2.38 bits per heavy atom. The van der Waals surface area contributed by atoms with Gasteiger partial charge >= 0.3 is 0 Å². The third-order valence-electron chi connectivity index (χ3n) is 12.3. The number of hydrogen-bond acceptors (Lipinski definition) is 4. The molecule has 4 aliphatic carbocycles.